The summed E-state index contributed by atoms with van der Waals surface area (Å²) in [6.45, 7) is 2.13. The quantitative estimate of drug-likeness (QED) is 0.805. The molecule has 0 amide bonds. The van der Waals surface area contributed by atoms with Crippen molar-refractivity contribution in [1.82, 2.24) is 5.32 Å². The van der Waals surface area contributed by atoms with Gasteiger partial charge in [-0.2, -0.15) is 0 Å². The van der Waals surface area contributed by atoms with Crippen molar-refractivity contribution in [3.05, 3.63) is 56.2 Å². The molecule has 0 aliphatic heterocycles. The van der Waals surface area contributed by atoms with E-state index in [4.69, 9.17) is 0 Å². The van der Waals surface area contributed by atoms with E-state index in [1.165, 1.54) is 12.1 Å². The summed E-state index contributed by atoms with van der Waals surface area (Å²) in [7, 11) is 0. The van der Waals surface area contributed by atoms with Gasteiger partial charge in [-0.1, -0.05) is 6.07 Å². The molecule has 0 fully saturated rings. The van der Waals surface area contributed by atoms with Crippen molar-refractivity contribution in [3.63, 3.8) is 0 Å². The highest BCUT2D eigenvalue weighted by Gasteiger charge is 2.13. The topological polar surface area (TPSA) is 12.0 Å². The molecule has 2 rings (SSSR count). The molecule has 1 aromatic heterocycles. The van der Waals surface area contributed by atoms with E-state index in [1.807, 2.05) is 24.4 Å². The Hall–Kier alpha value is -0.780. The van der Waals surface area contributed by atoms with Crippen LogP contribution in [-0.4, -0.2) is 0 Å². The minimum atomic E-state index is -0.541. The SMILES string of the molecule is CC(NCc1c(F)ccc(Br)c1F)c1cccs1. The Balaban J connectivity index is 2.09. The molecule has 1 nitrogen and oxygen atoms in total. The predicted molar refractivity (Wildman–Crippen MR) is 73.6 cm³/mol. The largest absolute Gasteiger partial charge is 0.305 e. The van der Waals surface area contributed by atoms with E-state index in [-0.39, 0.29) is 22.6 Å². The van der Waals surface area contributed by atoms with Gasteiger partial charge in [0.1, 0.15) is 11.6 Å². The van der Waals surface area contributed by atoms with Crippen molar-refractivity contribution >= 4 is 27.3 Å². The maximum absolute atomic E-state index is 13.7. The van der Waals surface area contributed by atoms with E-state index in [0.717, 1.165) is 4.88 Å². The first kappa shape index (κ1) is 13.6. The van der Waals surface area contributed by atoms with Gasteiger partial charge in [-0.3, -0.25) is 0 Å². The summed E-state index contributed by atoms with van der Waals surface area (Å²) in [5, 5.41) is 5.10. The summed E-state index contributed by atoms with van der Waals surface area (Å²) >= 11 is 4.68. The van der Waals surface area contributed by atoms with Gasteiger partial charge in [-0.15, -0.1) is 11.3 Å². The monoisotopic (exact) mass is 331 g/mol. The molecule has 1 N–H and O–H groups in total. The maximum Gasteiger partial charge on any atom is 0.144 e. The Bertz CT molecular complexity index is 528. The van der Waals surface area contributed by atoms with E-state index in [2.05, 4.69) is 21.2 Å². The van der Waals surface area contributed by atoms with Gasteiger partial charge in [-0.25, -0.2) is 8.78 Å². The molecule has 1 atom stereocenters. The van der Waals surface area contributed by atoms with Crippen LogP contribution in [0.15, 0.2) is 34.1 Å². The van der Waals surface area contributed by atoms with Crippen LogP contribution >= 0.6 is 27.3 Å². The molecule has 2 aromatic rings. The summed E-state index contributed by atoms with van der Waals surface area (Å²) in [4.78, 5) is 1.14. The molecule has 0 aliphatic rings. The van der Waals surface area contributed by atoms with Crippen molar-refractivity contribution in [2.24, 2.45) is 0 Å². The van der Waals surface area contributed by atoms with Gasteiger partial charge in [0.25, 0.3) is 0 Å². The summed E-state index contributed by atoms with van der Waals surface area (Å²) in [6, 6.07) is 6.66. The lowest BCUT2D eigenvalue weighted by Gasteiger charge is -2.13. The van der Waals surface area contributed by atoms with Crippen LogP contribution in [0.3, 0.4) is 0 Å². The van der Waals surface area contributed by atoms with Gasteiger partial charge in [0.15, 0.2) is 0 Å². The lowest BCUT2D eigenvalue weighted by Crippen LogP contribution is -2.19. The van der Waals surface area contributed by atoms with Gasteiger partial charge in [0.05, 0.1) is 4.47 Å². The van der Waals surface area contributed by atoms with E-state index in [1.54, 1.807) is 11.3 Å². The molecular formula is C13H12BrF2NS. The molecule has 96 valence electrons. The Kier molecular flexibility index (Phi) is 4.48. The van der Waals surface area contributed by atoms with Crippen LogP contribution in [-0.2, 0) is 6.54 Å². The normalized spacial score (nSPS) is 12.7. The molecule has 0 bridgehead atoms. The summed E-state index contributed by atoms with van der Waals surface area (Å²) in [6.07, 6.45) is 0. The minimum absolute atomic E-state index is 0.0628. The number of halogens is 3. The van der Waals surface area contributed by atoms with E-state index in [9.17, 15) is 8.78 Å². The fourth-order valence-corrected chi connectivity index (χ4v) is 2.75. The zero-order valence-corrected chi connectivity index (χ0v) is 12.1. The highest BCUT2D eigenvalue weighted by molar-refractivity contribution is 9.10. The lowest BCUT2D eigenvalue weighted by molar-refractivity contribution is 0.509. The van der Waals surface area contributed by atoms with Crippen LogP contribution in [0, 0.1) is 11.6 Å². The molecule has 0 radical (unpaired) electrons. The number of hydrogen-bond donors (Lipinski definition) is 1. The van der Waals surface area contributed by atoms with Crippen LogP contribution < -0.4 is 5.32 Å². The van der Waals surface area contributed by atoms with E-state index >= 15 is 0 Å². The number of thiophene rings is 1. The number of rotatable bonds is 4. The van der Waals surface area contributed by atoms with Crippen LogP contribution in [0.2, 0.25) is 0 Å². The van der Waals surface area contributed by atoms with Crippen molar-refractivity contribution < 1.29 is 8.78 Å². The van der Waals surface area contributed by atoms with Gasteiger partial charge < -0.3 is 5.32 Å². The Labute approximate surface area is 117 Å². The van der Waals surface area contributed by atoms with Crippen LogP contribution in [0.25, 0.3) is 0 Å². The van der Waals surface area contributed by atoms with Crippen molar-refractivity contribution in [1.29, 1.82) is 0 Å². The lowest BCUT2D eigenvalue weighted by atomic mass is 10.2. The van der Waals surface area contributed by atoms with Gasteiger partial charge in [0.2, 0.25) is 0 Å². The average molecular weight is 332 g/mol. The third-order valence-electron chi connectivity index (χ3n) is 2.69. The van der Waals surface area contributed by atoms with Crippen LogP contribution in [0.1, 0.15) is 23.4 Å². The Morgan fingerprint density at radius 2 is 2.11 bits per heavy atom. The molecule has 0 saturated carbocycles. The second kappa shape index (κ2) is 5.91. The zero-order chi connectivity index (χ0) is 13.1. The van der Waals surface area contributed by atoms with Gasteiger partial charge in [0, 0.05) is 23.0 Å². The second-order valence-electron chi connectivity index (χ2n) is 3.94. The summed E-state index contributed by atoms with van der Waals surface area (Å²) < 4.78 is 27.5. The zero-order valence-electron chi connectivity index (χ0n) is 9.71. The third-order valence-corrected chi connectivity index (χ3v) is 4.36. The molecule has 1 heterocycles. The van der Waals surface area contributed by atoms with Gasteiger partial charge in [-0.05, 0) is 46.4 Å². The minimum Gasteiger partial charge on any atom is -0.305 e. The smallest absolute Gasteiger partial charge is 0.144 e. The fraction of sp³-hybridized carbons (Fsp3) is 0.231. The average Bonchev–Trinajstić information content (AvgIpc) is 2.87. The predicted octanol–water partition coefficient (Wildman–Crippen LogP) is 4.64. The molecular weight excluding hydrogens is 320 g/mol. The molecule has 5 heteroatoms. The second-order valence-corrected chi connectivity index (χ2v) is 5.77. The molecule has 1 unspecified atom stereocenters. The number of nitrogens with one attached hydrogen (secondary N) is 1. The van der Waals surface area contributed by atoms with Crippen molar-refractivity contribution in [2.45, 2.75) is 19.5 Å². The van der Waals surface area contributed by atoms with E-state index in [0.29, 0.717) is 0 Å². The molecule has 18 heavy (non-hydrogen) atoms. The van der Waals surface area contributed by atoms with E-state index < -0.39 is 11.6 Å². The highest BCUT2D eigenvalue weighted by Crippen LogP contribution is 2.23. The van der Waals surface area contributed by atoms with Crippen molar-refractivity contribution in [2.75, 3.05) is 0 Å². The first-order valence-electron chi connectivity index (χ1n) is 5.48. The molecule has 1 aromatic carbocycles. The van der Waals surface area contributed by atoms with Crippen molar-refractivity contribution in [3.8, 4) is 0 Å². The van der Waals surface area contributed by atoms with Crippen LogP contribution in [0.5, 0.6) is 0 Å². The summed E-state index contributed by atoms with van der Waals surface area (Å²) in [5.74, 6) is -1.07. The highest BCUT2D eigenvalue weighted by atomic mass is 79.9. The van der Waals surface area contributed by atoms with Gasteiger partial charge >= 0.3 is 0 Å². The fourth-order valence-electron chi connectivity index (χ4n) is 1.62. The third kappa shape index (κ3) is 2.96. The Morgan fingerprint density at radius 1 is 1.33 bits per heavy atom. The first-order valence-corrected chi connectivity index (χ1v) is 7.16. The molecule has 0 aliphatic carbocycles. The molecule has 0 saturated heterocycles. The standard InChI is InChI=1S/C13H12BrF2NS/c1-8(12-3-2-6-18-12)17-7-9-11(15)5-4-10(14)13(9)16/h2-6,8,17H,7H2,1H3. The Morgan fingerprint density at radius 3 is 2.78 bits per heavy atom. The maximum atomic E-state index is 13.7. The summed E-state index contributed by atoms with van der Waals surface area (Å²) in [5.41, 5.74) is 0.0628. The van der Waals surface area contributed by atoms with Crippen LogP contribution in [0.4, 0.5) is 8.78 Å². The number of hydrogen-bond acceptors (Lipinski definition) is 2. The first-order chi connectivity index (χ1) is 8.59. The number of benzene rings is 1. The molecule has 0 spiro atoms.